The summed E-state index contributed by atoms with van der Waals surface area (Å²) in [6.45, 7) is 3.30. The summed E-state index contributed by atoms with van der Waals surface area (Å²) in [5.74, 6) is 0.668. The molecule has 1 atom stereocenters. The first-order chi connectivity index (χ1) is 8.77. The Balaban J connectivity index is 2.36. The van der Waals surface area contributed by atoms with Crippen molar-refractivity contribution >= 4 is 0 Å². The van der Waals surface area contributed by atoms with E-state index in [-0.39, 0.29) is 0 Å². The van der Waals surface area contributed by atoms with E-state index in [9.17, 15) is 5.11 Å². The summed E-state index contributed by atoms with van der Waals surface area (Å²) in [5.41, 5.74) is 1.83. The summed E-state index contributed by atoms with van der Waals surface area (Å²) < 4.78 is 7.09. The largest absolute Gasteiger partial charge is 0.380 e. The van der Waals surface area contributed by atoms with Crippen molar-refractivity contribution in [2.45, 2.75) is 26.2 Å². The first-order valence-corrected chi connectivity index (χ1v) is 6.03. The number of aryl methyl sites for hydroxylation is 1. The lowest BCUT2D eigenvalue weighted by molar-refractivity contribution is 0.173. The fraction of sp³-hybridized carbons (Fsp3) is 0.357. The van der Waals surface area contributed by atoms with Crippen molar-refractivity contribution < 1.29 is 9.84 Å². The van der Waals surface area contributed by atoms with Crippen LogP contribution in [0.15, 0.2) is 36.7 Å². The molecule has 0 saturated heterocycles. The van der Waals surface area contributed by atoms with Gasteiger partial charge in [-0.3, -0.25) is 0 Å². The van der Waals surface area contributed by atoms with Gasteiger partial charge >= 0.3 is 0 Å². The molecule has 1 aromatic heterocycles. The predicted molar refractivity (Wildman–Crippen MR) is 69.1 cm³/mol. The van der Waals surface area contributed by atoms with E-state index in [2.05, 4.69) is 4.98 Å². The number of methoxy groups -OCH3 is 1. The number of aliphatic hydroxyl groups excluding tert-OH is 1. The molecule has 0 fully saturated rings. The third kappa shape index (κ3) is 2.44. The Bertz CT molecular complexity index is 508. The van der Waals surface area contributed by atoms with Gasteiger partial charge in [-0.25, -0.2) is 4.98 Å². The van der Waals surface area contributed by atoms with Gasteiger partial charge in [0.2, 0.25) is 0 Å². The summed E-state index contributed by atoms with van der Waals surface area (Å²) in [4.78, 5) is 4.24. The van der Waals surface area contributed by atoms with Crippen LogP contribution in [0.3, 0.4) is 0 Å². The van der Waals surface area contributed by atoms with Gasteiger partial charge in [0.05, 0.1) is 6.61 Å². The van der Waals surface area contributed by atoms with Crippen molar-refractivity contribution in [1.29, 1.82) is 0 Å². The van der Waals surface area contributed by atoms with Gasteiger partial charge in [-0.15, -0.1) is 0 Å². The van der Waals surface area contributed by atoms with Crippen LogP contribution in [0.4, 0.5) is 0 Å². The number of benzene rings is 1. The molecule has 0 bridgehead atoms. The van der Waals surface area contributed by atoms with Gasteiger partial charge in [0.15, 0.2) is 0 Å². The van der Waals surface area contributed by atoms with Gasteiger partial charge in [-0.1, -0.05) is 24.3 Å². The summed E-state index contributed by atoms with van der Waals surface area (Å²) in [5, 5.41) is 10.5. The summed E-state index contributed by atoms with van der Waals surface area (Å²) >= 11 is 0. The average molecular weight is 246 g/mol. The molecule has 2 rings (SSSR count). The highest BCUT2D eigenvalue weighted by Crippen LogP contribution is 2.24. The number of hydrogen-bond acceptors (Lipinski definition) is 3. The van der Waals surface area contributed by atoms with Crippen molar-refractivity contribution in [2.24, 2.45) is 0 Å². The van der Waals surface area contributed by atoms with E-state index in [4.69, 9.17) is 4.74 Å². The smallest absolute Gasteiger partial charge is 0.142 e. The Morgan fingerprint density at radius 1 is 1.39 bits per heavy atom. The lowest BCUT2D eigenvalue weighted by Crippen LogP contribution is -2.11. The standard InChI is InChI=1S/C14H18N2O2/c1-3-16-9-8-15-14(16)13(17)12-7-5-4-6-11(12)10-18-2/h4-9,13,17H,3,10H2,1-2H3. The van der Waals surface area contributed by atoms with Crippen LogP contribution < -0.4 is 0 Å². The van der Waals surface area contributed by atoms with E-state index in [1.54, 1.807) is 13.3 Å². The Morgan fingerprint density at radius 2 is 2.17 bits per heavy atom. The molecule has 1 N–H and O–H groups in total. The number of nitrogens with zero attached hydrogens (tertiary/aromatic N) is 2. The molecule has 4 nitrogen and oxygen atoms in total. The molecule has 0 saturated carbocycles. The highest BCUT2D eigenvalue weighted by atomic mass is 16.5. The molecule has 18 heavy (non-hydrogen) atoms. The van der Waals surface area contributed by atoms with E-state index in [1.165, 1.54) is 0 Å². The van der Waals surface area contributed by atoms with E-state index in [1.807, 2.05) is 42.0 Å². The molecule has 1 unspecified atom stereocenters. The van der Waals surface area contributed by atoms with Crippen LogP contribution in [0.5, 0.6) is 0 Å². The highest BCUT2D eigenvalue weighted by molar-refractivity contribution is 5.32. The maximum atomic E-state index is 10.5. The van der Waals surface area contributed by atoms with E-state index >= 15 is 0 Å². The number of imidazole rings is 1. The van der Waals surface area contributed by atoms with Crippen molar-refractivity contribution in [2.75, 3.05) is 7.11 Å². The SMILES string of the molecule is CCn1ccnc1C(O)c1ccccc1COC. The molecular formula is C14H18N2O2. The molecular weight excluding hydrogens is 228 g/mol. The zero-order valence-electron chi connectivity index (χ0n) is 10.7. The average Bonchev–Trinajstić information content (AvgIpc) is 2.87. The number of hydrogen-bond donors (Lipinski definition) is 1. The third-order valence-electron chi connectivity index (χ3n) is 2.98. The third-order valence-corrected chi connectivity index (χ3v) is 2.98. The van der Waals surface area contributed by atoms with Crippen LogP contribution in [-0.4, -0.2) is 21.8 Å². The van der Waals surface area contributed by atoms with E-state index < -0.39 is 6.10 Å². The van der Waals surface area contributed by atoms with Gasteiger partial charge < -0.3 is 14.4 Å². The fourth-order valence-corrected chi connectivity index (χ4v) is 2.06. The summed E-state index contributed by atoms with van der Waals surface area (Å²) in [6.07, 6.45) is 2.87. The van der Waals surface area contributed by atoms with Gasteiger partial charge in [0.1, 0.15) is 11.9 Å². The molecule has 96 valence electrons. The van der Waals surface area contributed by atoms with Crippen LogP contribution >= 0.6 is 0 Å². The quantitative estimate of drug-likeness (QED) is 0.879. The molecule has 0 amide bonds. The minimum absolute atomic E-state index is 0.486. The van der Waals surface area contributed by atoms with Crippen LogP contribution in [0, 0.1) is 0 Å². The predicted octanol–water partition coefficient (Wildman–Crippen LogP) is 2.13. The first-order valence-electron chi connectivity index (χ1n) is 6.03. The molecule has 0 spiro atoms. The maximum absolute atomic E-state index is 10.5. The lowest BCUT2D eigenvalue weighted by atomic mass is 10.0. The van der Waals surface area contributed by atoms with Crippen molar-refractivity contribution in [3.05, 3.63) is 53.6 Å². The molecule has 1 aromatic carbocycles. The lowest BCUT2D eigenvalue weighted by Gasteiger charge is -2.16. The summed E-state index contributed by atoms with van der Waals surface area (Å²) in [6, 6.07) is 7.72. The highest BCUT2D eigenvalue weighted by Gasteiger charge is 2.18. The second-order valence-electron chi connectivity index (χ2n) is 4.11. The zero-order valence-corrected chi connectivity index (χ0v) is 10.7. The Morgan fingerprint density at radius 3 is 2.89 bits per heavy atom. The van der Waals surface area contributed by atoms with E-state index in [0.29, 0.717) is 12.4 Å². The Hall–Kier alpha value is -1.65. The molecule has 0 radical (unpaired) electrons. The van der Waals surface area contributed by atoms with Gasteiger partial charge in [0, 0.05) is 26.0 Å². The van der Waals surface area contributed by atoms with Crippen molar-refractivity contribution in [1.82, 2.24) is 9.55 Å². The number of ether oxygens (including phenoxy) is 1. The minimum Gasteiger partial charge on any atom is -0.380 e. The Labute approximate surface area is 107 Å². The molecule has 2 aromatic rings. The summed E-state index contributed by atoms with van der Waals surface area (Å²) in [7, 11) is 1.65. The second kappa shape index (κ2) is 5.80. The molecule has 0 aliphatic heterocycles. The van der Waals surface area contributed by atoms with Crippen LogP contribution in [-0.2, 0) is 17.9 Å². The molecule has 0 aliphatic carbocycles. The monoisotopic (exact) mass is 246 g/mol. The topological polar surface area (TPSA) is 47.3 Å². The van der Waals surface area contributed by atoms with Crippen molar-refractivity contribution in [3.8, 4) is 0 Å². The molecule has 0 aliphatic rings. The normalized spacial score (nSPS) is 12.6. The fourth-order valence-electron chi connectivity index (χ4n) is 2.06. The minimum atomic E-state index is -0.716. The Kier molecular flexibility index (Phi) is 4.12. The number of rotatable bonds is 5. The second-order valence-corrected chi connectivity index (χ2v) is 4.11. The van der Waals surface area contributed by atoms with E-state index in [0.717, 1.165) is 17.7 Å². The molecule has 4 heteroatoms. The maximum Gasteiger partial charge on any atom is 0.142 e. The number of aromatic nitrogens is 2. The van der Waals surface area contributed by atoms with Gasteiger partial charge in [-0.2, -0.15) is 0 Å². The van der Waals surface area contributed by atoms with Gasteiger partial charge in [0.25, 0.3) is 0 Å². The van der Waals surface area contributed by atoms with Crippen LogP contribution in [0.1, 0.15) is 30.0 Å². The first kappa shape index (κ1) is 12.8. The number of aliphatic hydroxyl groups is 1. The zero-order chi connectivity index (χ0) is 13.0. The van der Waals surface area contributed by atoms with Gasteiger partial charge in [-0.05, 0) is 18.1 Å². The van der Waals surface area contributed by atoms with Crippen LogP contribution in [0.2, 0.25) is 0 Å². The van der Waals surface area contributed by atoms with Crippen LogP contribution in [0.25, 0.3) is 0 Å². The molecule has 1 heterocycles. The van der Waals surface area contributed by atoms with Crippen molar-refractivity contribution in [3.63, 3.8) is 0 Å².